The number of rotatable bonds is 5. The molecule has 0 radical (unpaired) electrons. The Labute approximate surface area is 217 Å². The maximum Gasteiger partial charge on any atom is 0.231 e. The summed E-state index contributed by atoms with van der Waals surface area (Å²) in [6.45, 7) is 10.7. The summed E-state index contributed by atoms with van der Waals surface area (Å²) in [4.78, 5) is 33.3. The third kappa shape index (κ3) is 5.87. The average molecular weight is 507 g/mol. The zero-order valence-electron chi connectivity index (χ0n) is 22.4. The number of ether oxygens (including phenoxy) is 1. The molecule has 196 valence electrons. The summed E-state index contributed by atoms with van der Waals surface area (Å²) in [7, 11) is 1.47. The number of carbonyl (C=O) groups is 1. The lowest BCUT2D eigenvalue weighted by Crippen LogP contribution is -2.39. The number of nitrogens with zero attached hydrogens (tertiary/aromatic N) is 5. The second kappa shape index (κ2) is 11.2. The van der Waals surface area contributed by atoms with Crippen LogP contribution in [0.1, 0.15) is 73.8 Å². The van der Waals surface area contributed by atoms with Gasteiger partial charge in [0.15, 0.2) is 0 Å². The van der Waals surface area contributed by atoms with Crippen molar-refractivity contribution in [1.29, 1.82) is 0 Å². The number of hydrogen-bond donors (Lipinski definition) is 1. The van der Waals surface area contributed by atoms with E-state index in [1.54, 1.807) is 11.8 Å². The first-order valence-corrected chi connectivity index (χ1v) is 12.8. The van der Waals surface area contributed by atoms with Gasteiger partial charge in [0.05, 0.1) is 31.6 Å². The second-order valence-electron chi connectivity index (χ2n) is 9.90. The van der Waals surface area contributed by atoms with E-state index in [-0.39, 0.29) is 29.9 Å². The van der Waals surface area contributed by atoms with Gasteiger partial charge in [-0.05, 0) is 57.7 Å². The Morgan fingerprint density at radius 3 is 2.62 bits per heavy atom. The minimum absolute atomic E-state index is 0.158. The number of aryl methyl sites for hydroxylation is 3. The van der Waals surface area contributed by atoms with Crippen molar-refractivity contribution in [3.63, 3.8) is 0 Å². The fourth-order valence-corrected chi connectivity index (χ4v) is 4.58. The number of carbonyl (C=O) groups excluding carboxylic acids is 1. The molecule has 0 unspecified atom stereocenters. The van der Waals surface area contributed by atoms with E-state index < -0.39 is 11.7 Å². The molecule has 37 heavy (non-hydrogen) atoms. The van der Waals surface area contributed by atoms with Crippen molar-refractivity contribution in [3.8, 4) is 17.1 Å². The first-order chi connectivity index (χ1) is 17.7. The van der Waals surface area contributed by atoms with E-state index in [4.69, 9.17) is 14.7 Å². The molecule has 0 bridgehead atoms. The molecular weight excluding hydrogens is 471 g/mol. The van der Waals surface area contributed by atoms with Crippen LogP contribution in [-0.2, 0) is 11.2 Å². The summed E-state index contributed by atoms with van der Waals surface area (Å²) in [6, 6.07) is 5.65. The zero-order chi connectivity index (χ0) is 26.7. The Balaban J connectivity index is 1.59. The molecule has 1 amide bonds. The lowest BCUT2D eigenvalue weighted by molar-refractivity contribution is -0.132. The third-order valence-corrected chi connectivity index (χ3v) is 6.74. The molecule has 1 atom stereocenters. The molecule has 0 aromatic carbocycles. The van der Waals surface area contributed by atoms with Crippen LogP contribution in [0.2, 0.25) is 0 Å². The summed E-state index contributed by atoms with van der Waals surface area (Å²) in [5.74, 6) is 0.746. The minimum atomic E-state index is -0.674. The fourth-order valence-electron chi connectivity index (χ4n) is 4.58. The van der Waals surface area contributed by atoms with Crippen molar-refractivity contribution in [2.45, 2.75) is 65.7 Å². The van der Waals surface area contributed by atoms with Gasteiger partial charge in [0.1, 0.15) is 17.5 Å². The van der Waals surface area contributed by atoms with Crippen molar-refractivity contribution < 1.29 is 13.9 Å². The Morgan fingerprint density at radius 1 is 1.11 bits per heavy atom. The summed E-state index contributed by atoms with van der Waals surface area (Å²) in [6.07, 6.45) is 3.65. The monoisotopic (exact) mass is 506 g/mol. The van der Waals surface area contributed by atoms with Crippen LogP contribution in [0.3, 0.4) is 0 Å². The van der Waals surface area contributed by atoms with Gasteiger partial charge in [0.2, 0.25) is 11.8 Å². The zero-order valence-corrected chi connectivity index (χ0v) is 22.4. The van der Waals surface area contributed by atoms with Crippen LogP contribution >= 0.6 is 0 Å². The smallest absolute Gasteiger partial charge is 0.231 e. The van der Waals surface area contributed by atoms with Gasteiger partial charge in [0, 0.05) is 41.0 Å². The van der Waals surface area contributed by atoms with Gasteiger partial charge >= 0.3 is 0 Å². The number of hydrogen-bond acceptors (Lipinski definition) is 7. The molecule has 1 N–H and O–H groups in total. The normalized spacial score (nSPS) is 14.8. The van der Waals surface area contributed by atoms with Gasteiger partial charge in [-0.15, -0.1) is 0 Å². The number of anilines is 1. The Kier molecular flexibility index (Phi) is 8.00. The molecular formula is C28H35FN6O2. The highest BCUT2D eigenvalue weighted by molar-refractivity contribution is 5.83. The van der Waals surface area contributed by atoms with E-state index in [0.29, 0.717) is 6.54 Å². The third-order valence-electron chi connectivity index (χ3n) is 6.74. The molecule has 0 saturated carbocycles. The number of halogens is 1. The SMILES string of the molecule is COc1cc([C@@H](C)C(=O)N2CCCCc3cc(-c4cc(C)nc(C(C)C)n4)c(C)nc3NC2)c(F)cn1. The lowest BCUT2D eigenvalue weighted by atomic mass is 10.00. The van der Waals surface area contributed by atoms with Gasteiger partial charge in [0.25, 0.3) is 0 Å². The molecule has 4 rings (SSSR count). The Hall–Kier alpha value is -3.62. The van der Waals surface area contributed by atoms with Gasteiger partial charge in [-0.3, -0.25) is 4.79 Å². The van der Waals surface area contributed by atoms with Crippen molar-refractivity contribution in [2.24, 2.45) is 0 Å². The first kappa shape index (κ1) is 26.4. The lowest BCUT2D eigenvalue weighted by Gasteiger charge is -2.26. The maximum atomic E-state index is 14.5. The van der Waals surface area contributed by atoms with Crippen LogP contribution in [0.4, 0.5) is 10.2 Å². The van der Waals surface area contributed by atoms with Crippen LogP contribution < -0.4 is 10.1 Å². The van der Waals surface area contributed by atoms with Gasteiger partial charge in [-0.2, -0.15) is 0 Å². The molecule has 4 heterocycles. The average Bonchev–Trinajstić information content (AvgIpc) is 2.97. The molecule has 1 aliphatic heterocycles. The summed E-state index contributed by atoms with van der Waals surface area (Å²) >= 11 is 0. The summed E-state index contributed by atoms with van der Waals surface area (Å²) in [5, 5.41) is 3.37. The van der Waals surface area contributed by atoms with Gasteiger partial charge in [-0.1, -0.05) is 13.8 Å². The minimum Gasteiger partial charge on any atom is -0.481 e. The number of amides is 1. The second-order valence-corrected chi connectivity index (χ2v) is 9.90. The molecule has 3 aromatic heterocycles. The van der Waals surface area contributed by atoms with Crippen molar-refractivity contribution in [2.75, 3.05) is 25.6 Å². The molecule has 0 saturated heterocycles. The highest BCUT2D eigenvalue weighted by Gasteiger charge is 2.26. The van der Waals surface area contributed by atoms with E-state index in [1.165, 1.54) is 13.2 Å². The number of aromatic nitrogens is 4. The molecule has 0 spiro atoms. The van der Waals surface area contributed by atoms with Crippen molar-refractivity contribution >= 4 is 11.7 Å². The van der Waals surface area contributed by atoms with Crippen LogP contribution in [0, 0.1) is 19.7 Å². The molecule has 0 fully saturated rings. The predicted molar refractivity (Wildman–Crippen MR) is 141 cm³/mol. The van der Waals surface area contributed by atoms with E-state index >= 15 is 0 Å². The van der Waals surface area contributed by atoms with Gasteiger partial charge in [-0.25, -0.2) is 24.3 Å². The highest BCUT2D eigenvalue weighted by atomic mass is 19.1. The Morgan fingerprint density at radius 2 is 1.89 bits per heavy atom. The van der Waals surface area contributed by atoms with Gasteiger partial charge < -0.3 is 15.0 Å². The number of pyridine rings is 2. The predicted octanol–water partition coefficient (Wildman–Crippen LogP) is 5.16. The fraction of sp³-hybridized carbons (Fsp3) is 0.464. The Bertz CT molecular complexity index is 1300. The highest BCUT2D eigenvalue weighted by Crippen LogP contribution is 2.30. The van der Waals surface area contributed by atoms with E-state index in [1.807, 2.05) is 19.9 Å². The van der Waals surface area contributed by atoms with Crippen molar-refractivity contribution in [3.05, 3.63) is 58.6 Å². The topological polar surface area (TPSA) is 93.1 Å². The molecule has 8 nitrogen and oxygen atoms in total. The molecule has 3 aromatic rings. The van der Waals surface area contributed by atoms with E-state index in [9.17, 15) is 9.18 Å². The number of fused-ring (bicyclic) bond motifs is 1. The number of nitrogens with one attached hydrogen (secondary N) is 1. The van der Waals surface area contributed by atoms with Crippen LogP contribution in [0.15, 0.2) is 24.4 Å². The van der Waals surface area contributed by atoms with Crippen LogP contribution in [0.5, 0.6) is 5.88 Å². The number of methoxy groups -OCH3 is 1. The molecule has 1 aliphatic rings. The molecule has 9 heteroatoms. The first-order valence-electron chi connectivity index (χ1n) is 12.8. The van der Waals surface area contributed by atoms with E-state index in [2.05, 4.69) is 35.2 Å². The largest absolute Gasteiger partial charge is 0.481 e. The maximum absolute atomic E-state index is 14.5. The summed E-state index contributed by atoms with van der Waals surface area (Å²) in [5.41, 5.74) is 5.03. The van der Waals surface area contributed by atoms with Crippen LogP contribution in [-0.4, -0.2) is 51.1 Å². The van der Waals surface area contributed by atoms with E-state index in [0.717, 1.165) is 65.3 Å². The quantitative estimate of drug-likeness (QED) is 0.511. The van der Waals surface area contributed by atoms with Crippen molar-refractivity contribution in [1.82, 2.24) is 24.8 Å². The standard InChI is InChI=1S/C28H35FN6O2/c1-16(2)26-32-17(3)11-24(34-26)22-12-20-9-7-8-10-35(15-31-27(20)33-19(22)5)28(36)18(4)21-13-25(37-6)30-14-23(21)29/h11-14,16,18H,7-10,15H2,1-6H3,(H,31,33)/t18-/m1/s1. The molecule has 0 aliphatic carbocycles. The van der Waals surface area contributed by atoms with Crippen LogP contribution in [0.25, 0.3) is 11.3 Å². The summed E-state index contributed by atoms with van der Waals surface area (Å²) < 4.78 is 19.6.